The summed E-state index contributed by atoms with van der Waals surface area (Å²) in [5.41, 5.74) is 0. The van der Waals surface area contributed by atoms with Gasteiger partial charge >= 0.3 is 5.24 Å². The number of thiocarbonyl (C=S) groups is 1. The van der Waals surface area contributed by atoms with Crippen LogP contribution in [0, 0.1) is 0 Å². The van der Waals surface area contributed by atoms with Gasteiger partial charge in [-0.3, -0.25) is 0 Å². The van der Waals surface area contributed by atoms with E-state index < -0.39 is 0 Å². The molecule has 1 rings (SSSR count). The lowest BCUT2D eigenvalue weighted by Crippen LogP contribution is -2.18. The molecule has 2 nitrogen and oxygen atoms in total. The quantitative estimate of drug-likeness (QED) is 0.499. The minimum absolute atomic E-state index is 0.148. The molecule has 0 aromatic rings. The highest BCUT2D eigenvalue weighted by atomic mass is 32.1. The van der Waals surface area contributed by atoms with E-state index in [0.29, 0.717) is 5.24 Å². The average molecular weight is 188 g/mol. The van der Waals surface area contributed by atoms with Crippen molar-refractivity contribution in [1.29, 1.82) is 0 Å². The molecule has 0 N–H and O–H groups in total. The number of hydrogen-bond donors (Lipinski definition) is 0. The van der Waals surface area contributed by atoms with Gasteiger partial charge in [0.15, 0.2) is 0 Å². The average Bonchev–Trinajstić information content (AvgIpc) is 2.31. The van der Waals surface area contributed by atoms with Gasteiger partial charge in [0.2, 0.25) is 0 Å². The lowest BCUT2D eigenvalue weighted by atomic mass is 10.1. The summed E-state index contributed by atoms with van der Waals surface area (Å²) in [6.07, 6.45) is 5.12. The first-order valence-electron chi connectivity index (χ1n) is 4.61. The number of rotatable bonds is 4. The van der Waals surface area contributed by atoms with E-state index in [-0.39, 0.29) is 12.2 Å². The van der Waals surface area contributed by atoms with Crippen molar-refractivity contribution in [3.8, 4) is 0 Å². The summed E-state index contributed by atoms with van der Waals surface area (Å²) in [4.78, 5) is 0. The van der Waals surface area contributed by atoms with E-state index in [1.54, 1.807) is 0 Å². The van der Waals surface area contributed by atoms with Crippen LogP contribution in [0.2, 0.25) is 0 Å². The standard InChI is InChI=1S/C9H16O2S/c1-3-4-5-6-8-7(2)10-9(12)11-8/h7-8H,3-6H2,1-2H3/t7-,8-/m1/s1. The minimum Gasteiger partial charge on any atom is -0.450 e. The maximum atomic E-state index is 5.33. The molecule has 2 atom stereocenters. The van der Waals surface area contributed by atoms with Crippen LogP contribution < -0.4 is 0 Å². The van der Waals surface area contributed by atoms with Gasteiger partial charge in [-0.25, -0.2) is 0 Å². The van der Waals surface area contributed by atoms with Crippen molar-refractivity contribution in [3.63, 3.8) is 0 Å². The predicted octanol–water partition coefficient (Wildman–Crippen LogP) is 2.66. The SMILES string of the molecule is CCCCC[C@H]1OC(=S)O[C@@H]1C. The Bertz CT molecular complexity index is 159. The summed E-state index contributed by atoms with van der Waals surface area (Å²) in [5.74, 6) is 0. The molecule has 1 heterocycles. The Morgan fingerprint density at radius 3 is 2.58 bits per heavy atom. The molecule has 3 heteroatoms. The Morgan fingerprint density at radius 2 is 2.08 bits per heavy atom. The van der Waals surface area contributed by atoms with E-state index >= 15 is 0 Å². The molecule has 0 spiro atoms. The molecular formula is C9H16O2S. The molecule has 1 aliphatic heterocycles. The number of hydrogen-bond acceptors (Lipinski definition) is 3. The summed E-state index contributed by atoms with van der Waals surface area (Å²) in [6, 6.07) is 0. The molecule has 0 radical (unpaired) electrons. The van der Waals surface area contributed by atoms with E-state index in [2.05, 4.69) is 6.92 Å². The topological polar surface area (TPSA) is 18.5 Å². The molecule has 70 valence electrons. The van der Waals surface area contributed by atoms with Gasteiger partial charge < -0.3 is 9.47 Å². The minimum atomic E-state index is 0.148. The Hall–Kier alpha value is -0.310. The molecule has 0 amide bonds. The summed E-state index contributed by atoms with van der Waals surface area (Å²) in [5, 5.41) is 0.323. The molecule has 0 aromatic carbocycles. The van der Waals surface area contributed by atoms with Crippen molar-refractivity contribution in [2.45, 2.75) is 51.7 Å². The second-order valence-corrected chi connectivity index (χ2v) is 3.56. The summed E-state index contributed by atoms with van der Waals surface area (Å²) >= 11 is 4.81. The largest absolute Gasteiger partial charge is 0.450 e. The molecule has 0 saturated carbocycles. The van der Waals surface area contributed by atoms with Crippen LogP contribution in [0.15, 0.2) is 0 Å². The molecule has 0 aromatic heterocycles. The van der Waals surface area contributed by atoms with Crippen LogP contribution in [-0.4, -0.2) is 17.4 Å². The number of ether oxygens (including phenoxy) is 2. The summed E-state index contributed by atoms with van der Waals surface area (Å²) in [6.45, 7) is 4.20. The normalized spacial score (nSPS) is 28.3. The monoisotopic (exact) mass is 188 g/mol. The zero-order chi connectivity index (χ0) is 8.97. The van der Waals surface area contributed by atoms with Crippen molar-refractivity contribution in [2.24, 2.45) is 0 Å². The Kier molecular flexibility index (Phi) is 3.79. The molecule has 1 aliphatic rings. The Balaban J connectivity index is 2.19. The van der Waals surface area contributed by atoms with Gasteiger partial charge in [0.1, 0.15) is 12.2 Å². The fourth-order valence-corrected chi connectivity index (χ4v) is 1.64. The van der Waals surface area contributed by atoms with Crippen LogP contribution in [0.1, 0.15) is 39.5 Å². The van der Waals surface area contributed by atoms with Crippen LogP contribution in [0.5, 0.6) is 0 Å². The molecule has 0 aliphatic carbocycles. The molecule has 1 saturated heterocycles. The van der Waals surface area contributed by atoms with Crippen molar-refractivity contribution in [1.82, 2.24) is 0 Å². The zero-order valence-corrected chi connectivity index (χ0v) is 8.52. The van der Waals surface area contributed by atoms with Gasteiger partial charge in [0.05, 0.1) is 0 Å². The van der Waals surface area contributed by atoms with Gasteiger partial charge in [0, 0.05) is 12.2 Å². The van der Waals surface area contributed by atoms with Crippen LogP contribution in [0.25, 0.3) is 0 Å². The van der Waals surface area contributed by atoms with Crippen molar-refractivity contribution in [3.05, 3.63) is 0 Å². The highest BCUT2D eigenvalue weighted by Crippen LogP contribution is 2.20. The molecule has 1 fully saturated rings. The van der Waals surface area contributed by atoms with Crippen LogP contribution in [0.3, 0.4) is 0 Å². The van der Waals surface area contributed by atoms with Gasteiger partial charge in [-0.2, -0.15) is 0 Å². The van der Waals surface area contributed by atoms with E-state index in [9.17, 15) is 0 Å². The van der Waals surface area contributed by atoms with Crippen LogP contribution >= 0.6 is 12.2 Å². The van der Waals surface area contributed by atoms with Crippen molar-refractivity contribution in [2.75, 3.05) is 0 Å². The third kappa shape index (κ3) is 2.63. The van der Waals surface area contributed by atoms with Gasteiger partial charge in [-0.05, 0) is 19.8 Å². The van der Waals surface area contributed by atoms with E-state index in [1.165, 1.54) is 19.3 Å². The highest BCUT2D eigenvalue weighted by molar-refractivity contribution is 7.79. The highest BCUT2D eigenvalue weighted by Gasteiger charge is 2.29. The lowest BCUT2D eigenvalue weighted by molar-refractivity contribution is 0.158. The first-order chi connectivity index (χ1) is 5.74. The fraction of sp³-hybridized carbons (Fsp3) is 0.889. The zero-order valence-electron chi connectivity index (χ0n) is 7.71. The summed E-state index contributed by atoms with van der Waals surface area (Å²) in [7, 11) is 0. The first-order valence-corrected chi connectivity index (χ1v) is 5.02. The van der Waals surface area contributed by atoms with E-state index in [1.807, 2.05) is 6.92 Å². The molecule has 12 heavy (non-hydrogen) atoms. The maximum Gasteiger partial charge on any atom is 0.353 e. The van der Waals surface area contributed by atoms with E-state index in [4.69, 9.17) is 21.7 Å². The van der Waals surface area contributed by atoms with Crippen molar-refractivity contribution < 1.29 is 9.47 Å². The second kappa shape index (κ2) is 4.65. The molecule has 0 bridgehead atoms. The Morgan fingerprint density at radius 1 is 1.33 bits per heavy atom. The van der Waals surface area contributed by atoms with Gasteiger partial charge in [-0.15, -0.1) is 0 Å². The third-order valence-corrected chi connectivity index (χ3v) is 2.34. The third-order valence-electron chi connectivity index (χ3n) is 2.15. The molecule has 0 unspecified atom stereocenters. The number of unbranched alkanes of at least 4 members (excludes halogenated alkanes) is 2. The van der Waals surface area contributed by atoms with Gasteiger partial charge in [0.25, 0.3) is 0 Å². The fourth-order valence-electron chi connectivity index (χ4n) is 1.36. The van der Waals surface area contributed by atoms with Crippen molar-refractivity contribution >= 4 is 17.5 Å². The lowest BCUT2D eigenvalue weighted by Gasteiger charge is -2.10. The molecular weight excluding hydrogens is 172 g/mol. The predicted molar refractivity (Wildman–Crippen MR) is 52.2 cm³/mol. The van der Waals surface area contributed by atoms with Crippen LogP contribution in [0.4, 0.5) is 0 Å². The second-order valence-electron chi connectivity index (χ2n) is 3.23. The maximum absolute atomic E-state index is 5.33. The summed E-state index contributed by atoms with van der Waals surface area (Å²) < 4.78 is 10.5. The van der Waals surface area contributed by atoms with Gasteiger partial charge in [-0.1, -0.05) is 19.8 Å². The Labute approximate surface area is 79.2 Å². The first kappa shape index (κ1) is 9.78. The van der Waals surface area contributed by atoms with E-state index in [0.717, 1.165) is 6.42 Å². The van der Waals surface area contributed by atoms with Crippen LogP contribution in [-0.2, 0) is 9.47 Å². The smallest absolute Gasteiger partial charge is 0.353 e.